The summed E-state index contributed by atoms with van der Waals surface area (Å²) in [7, 11) is -4.04. The van der Waals surface area contributed by atoms with Gasteiger partial charge < -0.3 is 45.1 Å². The number of hydrogen-bond acceptors (Lipinski definition) is 9. The van der Waals surface area contributed by atoms with Crippen molar-refractivity contribution in [3.63, 3.8) is 0 Å². The van der Waals surface area contributed by atoms with E-state index in [4.69, 9.17) is 34.5 Å². The Kier molecular flexibility index (Phi) is 39.9. The number of amides is 2. The second-order valence-corrected chi connectivity index (χ2v) is 17.3. The molecule has 54 heavy (non-hydrogen) atoms. The summed E-state index contributed by atoms with van der Waals surface area (Å²) in [6.45, 7) is 7.50. The molecule has 0 bridgehead atoms. The summed E-state index contributed by atoms with van der Waals surface area (Å²) in [5.41, 5.74) is 6.16. The predicted molar refractivity (Wildman–Crippen MR) is 223 cm³/mol. The van der Waals surface area contributed by atoms with Crippen molar-refractivity contribution < 1.29 is 42.9 Å². The van der Waals surface area contributed by atoms with Gasteiger partial charge in [0.2, 0.25) is 11.8 Å². The minimum atomic E-state index is -4.04. The van der Waals surface area contributed by atoms with Crippen molar-refractivity contribution in [2.45, 2.75) is 167 Å². The van der Waals surface area contributed by atoms with Gasteiger partial charge in [0.1, 0.15) is 0 Å². The van der Waals surface area contributed by atoms with Crippen molar-refractivity contribution in [1.29, 1.82) is 0 Å². The second kappa shape index (κ2) is 40.4. The van der Waals surface area contributed by atoms with Crippen LogP contribution >= 0.6 is 19.4 Å². The molecule has 0 aromatic heterocycles. The van der Waals surface area contributed by atoms with E-state index in [1.54, 1.807) is 11.8 Å². The molecule has 2 amide bonds. The molecule has 2 atom stereocenters. The number of carbonyl (C=O) groups excluding carboxylic acids is 2. The van der Waals surface area contributed by atoms with Crippen LogP contribution in [0.4, 0.5) is 0 Å². The molecule has 0 rings (SSSR count). The summed E-state index contributed by atoms with van der Waals surface area (Å²) >= 11 is 1.55. The Morgan fingerprint density at radius 2 is 1.07 bits per heavy atom. The van der Waals surface area contributed by atoms with Crippen LogP contribution in [0.2, 0.25) is 0 Å². The molecule has 12 nitrogen and oxygen atoms in total. The molecule has 322 valence electrons. The Morgan fingerprint density at radius 1 is 0.611 bits per heavy atom. The highest BCUT2D eigenvalue weighted by Gasteiger charge is 2.17. The van der Waals surface area contributed by atoms with Crippen LogP contribution in [-0.2, 0) is 33.1 Å². The van der Waals surface area contributed by atoms with Gasteiger partial charge in [-0.1, -0.05) is 136 Å². The molecule has 0 spiro atoms. The topological polar surface area (TPSA) is 179 Å². The van der Waals surface area contributed by atoms with Crippen LogP contribution in [0.15, 0.2) is 0 Å². The van der Waals surface area contributed by atoms with Crippen LogP contribution in [0.5, 0.6) is 0 Å². The van der Waals surface area contributed by atoms with Gasteiger partial charge in [-0.05, 0) is 12.8 Å². The summed E-state index contributed by atoms with van der Waals surface area (Å²) < 4.78 is 32.7. The van der Waals surface area contributed by atoms with E-state index in [1.165, 1.54) is 116 Å². The van der Waals surface area contributed by atoms with Gasteiger partial charge >= 0.3 is 7.60 Å². The Labute approximate surface area is 333 Å². The van der Waals surface area contributed by atoms with Gasteiger partial charge in [-0.2, -0.15) is 11.8 Å². The second-order valence-electron chi connectivity index (χ2n) is 14.5. The molecule has 0 heterocycles. The van der Waals surface area contributed by atoms with Crippen molar-refractivity contribution in [2.24, 2.45) is 5.73 Å². The fourth-order valence-electron chi connectivity index (χ4n) is 5.81. The average Bonchev–Trinajstić information content (AvgIpc) is 3.13. The van der Waals surface area contributed by atoms with E-state index in [1.807, 2.05) is 0 Å². The number of nitrogens with one attached hydrogen (secondary N) is 2. The number of ether oxygens (including phenoxy) is 4. The number of hydrogen-bond donors (Lipinski definition) is 5. The number of carbonyl (C=O) groups is 2. The lowest BCUT2D eigenvalue weighted by molar-refractivity contribution is -0.123. The molecule has 0 saturated heterocycles. The zero-order chi connectivity index (χ0) is 39.8. The first kappa shape index (κ1) is 53.2. The highest BCUT2D eigenvalue weighted by Crippen LogP contribution is 2.33. The van der Waals surface area contributed by atoms with Crippen LogP contribution in [0.3, 0.4) is 0 Å². The predicted octanol–water partition coefficient (Wildman–Crippen LogP) is 7.51. The van der Waals surface area contributed by atoms with Crippen LogP contribution < -0.4 is 16.4 Å². The van der Waals surface area contributed by atoms with Crippen LogP contribution in [0.25, 0.3) is 0 Å². The van der Waals surface area contributed by atoms with Gasteiger partial charge in [0.25, 0.3) is 0 Å². The van der Waals surface area contributed by atoms with Crippen molar-refractivity contribution in [3.05, 3.63) is 0 Å². The molecule has 0 aliphatic rings. The number of unbranched alkanes of at least 4 members (excludes halogenated alkanes) is 19. The van der Waals surface area contributed by atoms with E-state index in [0.717, 1.165) is 19.3 Å². The largest absolute Gasteiger partial charge is 0.379 e. The molecular formula is C40H82N3O9PS. The first-order valence-corrected chi connectivity index (χ1v) is 24.4. The number of rotatable bonds is 43. The maximum absolute atomic E-state index is 12.8. The molecule has 0 aromatic carbocycles. The SMILES string of the molecule is CCCCCCCCCCCCCC(=O)N[C@H](COCCCCCCCCCCCC)CSC[C@H](N)C(=O)NCCOCCOCCOCCP(=O)(O)O. The minimum Gasteiger partial charge on any atom is -0.379 e. The summed E-state index contributed by atoms with van der Waals surface area (Å²) in [6, 6.07) is -0.806. The van der Waals surface area contributed by atoms with Gasteiger partial charge in [0, 0.05) is 31.1 Å². The van der Waals surface area contributed by atoms with Crippen molar-refractivity contribution in [3.8, 4) is 0 Å². The van der Waals surface area contributed by atoms with Crippen LogP contribution in [-0.4, -0.2) is 111 Å². The molecule has 0 aliphatic heterocycles. The van der Waals surface area contributed by atoms with E-state index in [9.17, 15) is 14.2 Å². The number of thioether (sulfide) groups is 1. The summed E-state index contributed by atoms with van der Waals surface area (Å²) in [4.78, 5) is 42.9. The molecule has 14 heteroatoms. The average molecular weight is 812 g/mol. The fourth-order valence-corrected chi connectivity index (χ4v) is 7.19. The Hall–Kier alpha value is -0.760. The highest BCUT2D eigenvalue weighted by molar-refractivity contribution is 7.99. The Bertz CT molecular complexity index is 888. The maximum atomic E-state index is 12.8. The highest BCUT2D eigenvalue weighted by atomic mass is 32.2. The smallest absolute Gasteiger partial charge is 0.327 e. The minimum absolute atomic E-state index is 0.0188. The van der Waals surface area contributed by atoms with Crippen molar-refractivity contribution in [1.82, 2.24) is 10.6 Å². The number of nitrogens with two attached hydrogens (primary N) is 1. The maximum Gasteiger partial charge on any atom is 0.327 e. The van der Waals surface area contributed by atoms with Gasteiger partial charge in [-0.25, -0.2) is 0 Å². The van der Waals surface area contributed by atoms with E-state index >= 15 is 0 Å². The Morgan fingerprint density at radius 3 is 1.59 bits per heavy atom. The molecule has 6 N–H and O–H groups in total. The molecule has 0 fully saturated rings. The van der Waals surface area contributed by atoms with Crippen LogP contribution in [0.1, 0.15) is 155 Å². The van der Waals surface area contributed by atoms with Crippen LogP contribution in [0, 0.1) is 0 Å². The molecule has 0 aliphatic carbocycles. The molecular weight excluding hydrogens is 729 g/mol. The molecule has 0 unspecified atom stereocenters. The first-order valence-electron chi connectivity index (χ1n) is 21.5. The van der Waals surface area contributed by atoms with E-state index < -0.39 is 13.6 Å². The lowest BCUT2D eigenvalue weighted by atomic mass is 10.1. The van der Waals surface area contributed by atoms with Crippen molar-refractivity contribution >= 4 is 31.2 Å². The normalized spacial score (nSPS) is 12.9. The van der Waals surface area contributed by atoms with Gasteiger partial charge in [-0.3, -0.25) is 14.2 Å². The third kappa shape index (κ3) is 40.9. The van der Waals surface area contributed by atoms with Gasteiger partial charge in [0.15, 0.2) is 0 Å². The standard InChI is InChI=1S/C40H82N3O9PS/c1-3-5-7-9-11-13-15-16-18-20-22-24-39(44)43-37(34-52-26-23-21-19-17-14-12-10-8-6-4-2)35-54-36-38(41)40(45)42-25-27-49-28-29-50-30-31-51-32-33-53(46,47)48/h37-38H,3-36,41H2,1-2H3,(H,42,45)(H,43,44)(H2,46,47,48)/t37-,38+/m1/s1. The first-order chi connectivity index (χ1) is 26.2. The zero-order valence-electron chi connectivity index (χ0n) is 34.4. The van der Waals surface area contributed by atoms with E-state index in [0.29, 0.717) is 64.1 Å². The quantitative estimate of drug-likeness (QED) is 0.0304. The lowest BCUT2D eigenvalue weighted by Gasteiger charge is -2.20. The van der Waals surface area contributed by atoms with Gasteiger partial charge in [-0.15, -0.1) is 0 Å². The molecule has 0 radical (unpaired) electrons. The monoisotopic (exact) mass is 812 g/mol. The van der Waals surface area contributed by atoms with Gasteiger partial charge in [0.05, 0.1) is 64.5 Å². The summed E-state index contributed by atoms with van der Waals surface area (Å²) in [5, 5.41) is 5.99. The zero-order valence-corrected chi connectivity index (χ0v) is 36.1. The van der Waals surface area contributed by atoms with E-state index in [2.05, 4.69) is 24.5 Å². The lowest BCUT2D eigenvalue weighted by Crippen LogP contribution is -2.44. The van der Waals surface area contributed by atoms with E-state index in [-0.39, 0.29) is 37.2 Å². The third-order valence-electron chi connectivity index (χ3n) is 9.10. The van der Waals surface area contributed by atoms with Crippen molar-refractivity contribution in [2.75, 3.05) is 77.1 Å². The summed E-state index contributed by atoms with van der Waals surface area (Å²) in [5.74, 6) is 0.878. The molecule has 0 aromatic rings. The fraction of sp³-hybridized carbons (Fsp3) is 0.950. The third-order valence-corrected chi connectivity index (χ3v) is 11.1. The molecule has 0 saturated carbocycles. The Balaban J connectivity index is 4.27. The summed E-state index contributed by atoms with van der Waals surface area (Å²) in [6.07, 6.45) is 26.8.